The molecule has 4 heteroatoms. The maximum absolute atomic E-state index is 6.22. The molecule has 0 unspecified atom stereocenters. The van der Waals surface area contributed by atoms with Crippen LogP contribution in [0.2, 0.25) is 5.02 Å². The minimum atomic E-state index is 0.346. The van der Waals surface area contributed by atoms with E-state index in [0.717, 1.165) is 29.7 Å². The van der Waals surface area contributed by atoms with Crippen LogP contribution in [0.4, 0.5) is 5.88 Å². The number of nitrogens with zero attached hydrogens (tertiary/aromatic N) is 1. The zero-order valence-corrected chi connectivity index (χ0v) is 11.9. The average molecular weight is 279 g/mol. The van der Waals surface area contributed by atoms with Gasteiger partial charge >= 0.3 is 0 Å². The van der Waals surface area contributed by atoms with Gasteiger partial charge < -0.3 is 10.3 Å². The van der Waals surface area contributed by atoms with Gasteiger partial charge in [0.2, 0.25) is 5.88 Å². The van der Waals surface area contributed by atoms with Gasteiger partial charge in [-0.1, -0.05) is 61.1 Å². The molecule has 2 rings (SSSR count). The smallest absolute Gasteiger partial charge is 0.230 e. The summed E-state index contributed by atoms with van der Waals surface area (Å²) in [6.45, 7) is 2.20. The SMILES string of the molecule is CCCCCCc1noc(N)c1-c1ccccc1Cl. The third-order valence-corrected chi connectivity index (χ3v) is 3.53. The van der Waals surface area contributed by atoms with E-state index < -0.39 is 0 Å². The van der Waals surface area contributed by atoms with Gasteiger partial charge in [-0.3, -0.25) is 0 Å². The molecule has 0 aliphatic carbocycles. The largest absolute Gasteiger partial charge is 0.367 e. The molecular weight excluding hydrogens is 260 g/mol. The van der Waals surface area contributed by atoms with Crippen LogP contribution in [0, 0.1) is 0 Å². The van der Waals surface area contributed by atoms with Crippen molar-refractivity contribution in [2.75, 3.05) is 5.73 Å². The molecule has 0 aliphatic rings. The molecule has 0 saturated heterocycles. The van der Waals surface area contributed by atoms with Crippen molar-refractivity contribution in [3.05, 3.63) is 35.0 Å². The van der Waals surface area contributed by atoms with E-state index in [0.29, 0.717) is 10.9 Å². The Balaban J connectivity index is 2.21. The van der Waals surface area contributed by atoms with Crippen molar-refractivity contribution in [3.8, 4) is 11.1 Å². The summed E-state index contributed by atoms with van der Waals surface area (Å²) in [4.78, 5) is 0. The summed E-state index contributed by atoms with van der Waals surface area (Å²) < 4.78 is 5.13. The zero-order valence-electron chi connectivity index (χ0n) is 11.2. The molecule has 3 nitrogen and oxygen atoms in total. The molecular formula is C15H19ClN2O. The molecule has 2 aromatic rings. The third-order valence-electron chi connectivity index (χ3n) is 3.20. The summed E-state index contributed by atoms with van der Waals surface area (Å²) >= 11 is 6.22. The van der Waals surface area contributed by atoms with Gasteiger partial charge in [0.1, 0.15) is 0 Å². The van der Waals surface area contributed by atoms with E-state index in [-0.39, 0.29) is 0 Å². The van der Waals surface area contributed by atoms with Crippen LogP contribution in [0.25, 0.3) is 11.1 Å². The minimum absolute atomic E-state index is 0.346. The summed E-state index contributed by atoms with van der Waals surface area (Å²) in [6, 6.07) is 7.63. The molecule has 19 heavy (non-hydrogen) atoms. The van der Waals surface area contributed by atoms with Crippen molar-refractivity contribution < 1.29 is 4.52 Å². The Labute approximate surface area is 118 Å². The summed E-state index contributed by atoms with van der Waals surface area (Å²) in [6.07, 6.45) is 5.64. The molecule has 0 radical (unpaired) electrons. The van der Waals surface area contributed by atoms with Gasteiger partial charge in [-0.2, -0.15) is 0 Å². The van der Waals surface area contributed by atoms with Gasteiger partial charge in [0, 0.05) is 10.6 Å². The van der Waals surface area contributed by atoms with Crippen LogP contribution in [-0.4, -0.2) is 5.16 Å². The van der Waals surface area contributed by atoms with Crippen LogP contribution in [-0.2, 0) is 6.42 Å². The Morgan fingerprint density at radius 2 is 2.00 bits per heavy atom. The highest BCUT2D eigenvalue weighted by molar-refractivity contribution is 6.33. The number of nitrogen functional groups attached to an aromatic ring is 1. The number of hydrogen-bond acceptors (Lipinski definition) is 3. The second kappa shape index (κ2) is 6.62. The van der Waals surface area contributed by atoms with E-state index in [4.69, 9.17) is 21.9 Å². The van der Waals surface area contributed by atoms with Crippen molar-refractivity contribution in [1.29, 1.82) is 0 Å². The van der Waals surface area contributed by atoms with Crippen LogP contribution < -0.4 is 5.73 Å². The number of hydrogen-bond donors (Lipinski definition) is 1. The van der Waals surface area contributed by atoms with E-state index in [1.54, 1.807) is 0 Å². The maximum Gasteiger partial charge on any atom is 0.230 e. The molecule has 0 amide bonds. The molecule has 1 heterocycles. The Hall–Kier alpha value is -1.48. The lowest BCUT2D eigenvalue weighted by atomic mass is 10.0. The topological polar surface area (TPSA) is 52.0 Å². The summed E-state index contributed by atoms with van der Waals surface area (Å²) in [5.41, 5.74) is 8.54. The van der Waals surface area contributed by atoms with Crippen molar-refractivity contribution in [2.24, 2.45) is 0 Å². The van der Waals surface area contributed by atoms with E-state index in [1.807, 2.05) is 24.3 Å². The maximum atomic E-state index is 6.22. The Morgan fingerprint density at radius 1 is 1.21 bits per heavy atom. The number of benzene rings is 1. The Morgan fingerprint density at radius 3 is 2.74 bits per heavy atom. The van der Waals surface area contributed by atoms with Crippen LogP contribution >= 0.6 is 11.6 Å². The second-order valence-electron chi connectivity index (χ2n) is 4.66. The first-order valence-electron chi connectivity index (χ1n) is 6.73. The Kier molecular flexibility index (Phi) is 4.86. The van der Waals surface area contributed by atoms with Gasteiger partial charge in [-0.15, -0.1) is 0 Å². The molecule has 2 N–H and O–H groups in total. The highest BCUT2D eigenvalue weighted by atomic mass is 35.5. The molecule has 0 fully saturated rings. The molecule has 0 atom stereocenters. The van der Waals surface area contributed by atoms with Crippen LogP contribution in [0.3, 0.4) is 0 Å². The molecule has 1 aromatic heterocycles. The number of nitrogens with two attached hydrogens (primary N) is 1. The molecule has 0 saturated carbocycles. The third kappa shape index (κ3) is 3.29. The van der Waals surface area contributed by atoms with Crippen molar-refractivity contribution in [3.63, 3.8) is 0 Å². The van der Waals surface area contributed by atoms with Gasteiger partial charge in [0.05, 0.1) is 11.3 Å². The van der Waals surface area contributed by atoms with E-state index in [9.17, 15) is 0 Å². The molecule has 0 aliphatic heterocycles. The number of unbranched alkanes of at least 4 members (excludes halogenated alkanes) is 3. The zero-order chi connectivity index (χ0) is 13.7. The van der Waals surface area contributed by atoms with E-state index in [1.165, 1.54) is 19.3 Å². The number of aryl methyl sites for hydroxylation is 1. The lowest BCUT2D eigenvalue weighted by Crippen LogP contribution is -1.92. The van der Waals surface area contributed by atoms with Crippen molar-refractivity contribution in [2.45, 2.75) is 39.0 Å². The van der Waals surface area contributed by atoms with Gasteiger partial charge in [-0.05, 0) is 18.9 Å². The van der Waals surface area contributed by atoms with Crippen molar-refractivity contribution >= 4 is 17.5 Å². The highest BCUT2D eigenvalue weighted by Crippen LogP contribution is 2.35. The van der Waals surface area contributed by atoms with E-state index in [2.05, 4.69) is 12.1 Å². The molecule has 1 aromatic carbocycles. The quantitative estimate of drug-likeness (QED) is 0.779. The predicted octanol–water partition coefficient (Wildman–Crippen LogP) is 4.70. The fourth-order valence-corrected chi connectivity index (χ4v) is 2.41. The lowest BCUT2D eigenvalue weighted by Gasteiger charge is -2.04. The lowest BCUT2D eigenvalue weighted by molar-refractivity contribution is 0.426. The number of rotatable bonds is 6. The first-order chi connectivity index (χ1) is 9.24. The molecule has 0 spiro atoms. The van der Waals surface area contributed by atoms with Gasteiger partial charge in [-0.25, -0.2) is 0 Å². The standard InChI is InChI=1S/C15H19ClN2O/c1-2-3-4-5-10-13-14(15(17)19-18-13)11-8-6-7-9-12(11)16/h6-9H,2-5,10,17H2,1H3. The Bertz CT molecular complexity index is 537. The summed E-state index contributed by atoms with van der Waals surface area (Å²) in [5, 5.41) is 4.75. The van der Waals surface area contributed by atoms with Gasteiger partial charge in [0.25, 0.3) is 0 Å². The van der Waals surface area contributed by atoms with E-state index >= 15 is 0 Å². The average Bonchev–Trinajstić information content (AvgIpc) is 2.77. The fourth-order valence-electron chi connectivity index (χ4n) is 2.18. The minimum Gasteiger partial charge on any atom is -0.367 e. The van der Waals surface area contributed by atoms with Gasteiger partial charge in [0.15, 0.2) is 0 Å². The summed E-state index contributed by atoms with van der Waals surface area (Å²) in [7, 11) is 0. The van der Waals surface area contributed by atoms with Crippen LogP contribution in [0.1, 0.15) is 38.3 Å². The second-order valence-corrected chi connectivity index (χ2v) is 5.07. The fraction of sp³-hybridized carbons (Fsp3) is 0.400. The predicted molar refractivity (Wildman–Crippen MR) is 79.2 cm³/mol. The number of anilines is 1. The van der Waals surface area contributed by atoms with Crippen LogP contribution in [0.15, 0.2) is 28.8 Å². The number of halogens is 1. The normalized spacial score (nSPS) is 10.8. The molecule has 102 valence electrons. The monoisotopic (exact) mass is 278 g/mol. The number of aromatic nitrogens is 1. The van der Waals surface area contributed by atoms with Crippen molar-refractivity contribution in [1.82, 2.24) is 5.16 Å². The van der Waals surface area contributed by atoms with Crippen LogP contribution in [0.5, 0.6) is 0 Å². The summed E-state index contributed by atoms with van der Waals surface area (Å²) in [5.74, 6) is 0.346. The highest BCUT2D eigenvalue weighted by Gasteiger charge is 2.17. The first kappa shape index (κ1) is 13.9. The first-order valence-corrected chi connectivity index (χ1v) is 7.10. The molecule has 0 bridgehead atoms.